The minimum atomic E-state index is -0.669. The second-order valence-electron chi connectivity index (χ2n) is 24.2. The van der Waals surface area contributed by atoms with Crippen molar-refractivity contribution in [2.75, 3.05) is 13.2 Å². The van der Waals surface area contributed by atoms with Gasteiger partial charge >= 0.3 is 5.97 Å². The summed E-state index contributed by atoms with van der Waals surface area (Å²) >= 11 is 0. The van der Waals surface area contributed by atoms with Gasteiger partial charge in [-0.2, -0.15) is 0 Å². The van der Waals surface area contributed by atoms with Crippen LogP contribution in [0.3, 0.4) is 0 Å². The van der Waals surface area contributed by atoms with Crippen molar-refractivity contribution in [3.8, 4) is 0 Å². The molecule has 456 valence electrons. The maximum Gasteiger partial charge on any atom is 0.305 e. The molecule has 0 saturated carbocycles. The zero-order chi connectivity index (χ0) is 55.7. The van der Waals surface area contributed by atoms with Crippen molar-refractivity contribution in [3.63, 3.8) is 0 Å². The van der Waals surface area contributed by atoms with Gasteiger partial charge in [0.1, 0.15) is 0 Å². The lowest BCUT2D eigenvalue weighted by molar-refractivity contribution is -0.143. The first-order chi connectivity index (χ1) is 38.0. The first-order valence-corrected chi connectivity index (χ1v) is 35.1. The van der Waals surface area contributed by atoms with Crippen molar-refractivity contribution in [1.29, 1.82) is 0 Å². The van der Waals surface area contributed by atoms with E-state index in [2.05, 4.69) is 43.5 Å². The van der Waals surface area contributed by atoms with Crippen LogP contribution in [0.5, 0.6) is 0 Å². The minimum Gasteiger partial charge on any atom is -0.466 e. The molecule has 0 aromatic rings. The number of aliphatic hydroxyl groups excluding tert-OH is 2. The molecule has 6 heteroatoms. The van der Waals surface area contributed by atoms with Gasteiger partial charge in [-0.3, -0.25) is 9.59 Å². The molecule has 0 saturated heterocycles. The summed E-state index contributed by atoms with van der Waals surface area (Å²) in [6, 6.07) is -0.546. The molecule has 0 rings (SSSR count). The van der Waals surface area contributed by atoms with Gasteiger partial charge in [0.2, 0.25) is 5.91 Å². The second kappa shape index (κ2) is 66.8. The number of carbonyl (C=O) groups is 2. The Morgan fingerprint density at radius 3 is 1.01 bits per heavy atom. The zero-order valence-corrected chi connectivity index (χ0v) is 52.2. The van der Waals surface area contributed by atoms with Crippen molar-refractivity contribution < 1.29 is 24.5 Å². The molecule has 1 amide bonds. The summed E-state index contributed by atoms with van der Waals surface area (Å²) in [5, 5.41) is 23.4. The normalized spacial score (nSPS) is 12.6. The number of aliphatic hydroxyl groups is 2. The van der Waals surface area contributed by atoms with Crippen molar-refractivity contribution >= 4 is 11.9 Å². The Balaban J connectivity index is 3.39. The lowest BCUT2D eigenvalue weighted by Crippen LogP contribution is -2.45. The highest BCUT2D eigenvalue weighted by atomic mass is 16.5. The van der Waals surface area contributed by atoms with Crippen LogP contribution >= 0.6 is 0 Å². The van der Waals surface area contributed by atoms with E-state index < -0.39 is 12.1 Å². The van der Waals surface area contributed by atoms with Crippen LogP contribution in [-0.4, -0.2) is 47.4 Å². The molecule has 0 heterocycles. The molecule has 0 aliphatic carbocycles. The van der Waals surface area contributed by atoms with E-state index in [0.29, 0.717) is 25.9 Å². The van der Waals surface area contributed by atoms with Gasteiger partial charge in [0.05, 0.1) is 25.4 Å². The van der Waals surface area contributed by atoms with Crippen LogP contribution in [0.4, 0.5) is 0 Å². The highest BCUT2D eigenvalue weighted by Gasteiger charge is 2.20. The van der Waals surface area contributed by atoms with E-state index in [9.17, 15) is 19.8 Å². The van der Waals surface area contributed by atoms with Gasteiger partial charge in [-0.15, -0.1) is 0 Å². The molecule has 0 aliphatic rings. The summed E-state index contributed by atoms with van der Waals surface area (Å²) in [6.45, 7) is 4.96. The van der Waals surface area contributed by atoms with Gasteiger partial charge in [0, 0.05) is 12.8 Å². The van der Waals surface area contributed by atoms with Gasteiger partial charge in [0.15, 0.2) is 0 Å². The molecule has 0 aromatic heterocycles. The predicted molar refractivity (Wildman–Crippen MR) is 338 cm³/mol. The number of hydrogen-bond acceptors (Lipinski definition) is 5. The van der Waals surface area contributed by atoms with Gasteiger partial charge in [-0.05, 0) is 57.8 Å². The Bertz CT molecular complexity index is 1200. The fourth-order valence-corrected chi connectivity index (χ4v) is 11.1. The molecular weight excluding hydrogens is 947 g/mol. The first-order valence-electron chi connectivity index (χ1n) is 35.1. The van der Waals surface area contributed by atoms with Crippen LogP contribution in [0.2, 0.25) is 0 Å². The van der Waals surface area contributed by atoms with E-state index in [1.807, 2.05) is 0 Å². The number of allylic oxidation sites excluding steroid dienone is 4. The standard InChI is InChI=1S/C71H137NO5/c1-3-5-7-9-11-13-15-17-19-21-23-24-25-26-28-31-35-39-43-47-51-55-59-63-69(74)68(67-73)72-70(75)64-60-56-52-48-44-40-36-32-29-30-34-38-42-46-50-54-58-62-66-77-71(76)65-61-57-53-49-45-41-37-33-27-22-20-18-16-14-12-10-8-6-4-2/h12,14,18,20,68-69,73-74H,3-11,13,15-17,19,21-67H2,1-2H3,(H,72,75)/b14-12-,20-18-. The van der Waals surface area contributed by atoms with E-state index in [1.165, 1.54) is 308 Å². The Labute approximate surface area is 481 Å². The molecule has 2 atom stereocenters. The molecule has 0 fully saturated rings. The molecule has 6 nitrogen and oxygen atoms in total. The van der Waals surface area contributed by atoms with Crippen molar-refractivity contribution in [3.05, 3.63) is 24.3 Å². The zero-order valence-electron chi connectivity index (χ0n) is 52.2. The third-order valence-corrected chi connectivity index (χ3v) is 16.5. The summed E-state index contributed by atoms with van der Waals surface area (Å²) in [7, 11) is 0. The van der Waals surface area contributed by atoms with Crippen molar-refractivity contribution in [1.82, 2.24) is 5.32 Å². The smallest absolute Gasteiger partial charge is 0.305 e. The fourth-order valence-electron chi connectivity index (χ4n) is 11.1. The first kappa shape index (κ1) is 75.3. The topological polar surface area (TPSA) is 95.9 Å². The Morgan fingerprint density at radius 2 is 0.649 bits per heavy atom. The van der Waals surface area contributed by atoms with Crippen molar-refractivity contribution in [2.24, 2.45) is 0 Å². The number of esters is 1. The monoisotopic (exact) mass is 1080 g/mol. The van der Waals surface area contributed by atoms with Gasteiger partial charge < -0.3 is 20.3 Å². The van der Waals surface area contributed by atoms with E-state index in [4.69, 9.17) is 4.74 Å². The van der Waals surface area contributed by atoms with Crippen LogP contribution in [0.15, 0.2) is 24.3 Å². The molecule has 0 bridgehead atoms. The van der Waals surface area contributed by atoms with Crippen LogP contribution in [-0.2, 0) is 14.3 Å². The fraction of sp³-hybridized carbons (Fsp3) is 0.915. The number of unbranched alkanes of at least 4 members (excludes halogenated alkanes) is 51. The molecular formula is C71H137NO5. The number of amides is 1. The van der Waals surface area contributed by atoms with E-state index in [1.54, 1.807) is 0 Å². The third kappa shape index (κ3) is 63.4. The summed E-state index contributed by atoms with van der Waals surface area (Å²) in [6.07, 6.45) is 83.5. The van der Waals surface area contributed by atoms with Crippen LogP contribution in [0, 0.1) is 0 Å². The van der Waals surface area contributed by atoms with Crippen LogP contribution < -0.4 is 5.32 Å². The Kier molecular flexibility index (Phi) is 65.4. The minimum absolute atomic E-state index is 0.00481. The number of rotatable bonds is 66. The largest absolute Gasteiger partial charge is 0.466 e. The third-order valence-electron chi connectivity index (χ3n) is 16.5. The van der Waals surface area contributed by atoms with Gasteiger partial charge in [-0.25, -0.2) is 0 Å². The average molecular weight is 1080 g/mol. The lowest BCUT2D eigenvalue weighted by Gasteiger charge is -2.22. The molecule has 0 aromatic carbocycles. The SMILES string of the molecule is CCCCC/C=C\C/C=C\CCCCCCCCCCCC(=O)OCCCCCCCCCCCCCCCCCCCCC(=O)NC(CO)C(O)CCCCCCCCCCCCCCCCCCCCCCCCC. The van der Waals surface area contributed by atoms with E-state index >= 15 is 0 Å². The molecule has 77 heavy (non-hydrogen) atoms. The number of nitrogens with one attached hydrogen (secondary N) is 1. The molecule has 3 N–H and O–H groups in total. The maximum absolute atomic E-state index is 12.6. The van der Waals surface area contributed by atoms with Crippen LogP contribution in [0.25, 0.3) is 0 Å². The maximum atomic E-state index is 12.6. The summed E-state index contributed by atoms with van der Waals surface area (Å²) in [4.78, 5) is 24.7. The number of carbonyl (C=O) groups excluding carboxylic acids is 2. The number of hydrogen-bond donors (Lipinski definition) is 3. The molecule has 2 unspecified atom stereocenters. The summed E-state index contributed by atoms with van der Waals surface area (Å²) in [5.74, 6) is -0.0296. The second-order valence-corrected chi connectivity index (χ2v) is 24.2. The van der Waals surface area contributed by atoms with Gasteiger partial charge in [-0.1, -0.05) is 346 Å². The highest BCUT2D eigenvalue weighted by molar-refractivity contribution is 5.76. The molecule has 0 aliphatic heterocycles. The Hall–Kier alpha value is -1.66. The summed E-state index contributed by atoms with van der Waals surface area (Å²) < 4.78 is 5.50. The van der Waals surface area contributed by atoms with E-state index in [0.717, 1.165) is 51.4 Å². The highest BCUT2D eigenvalue weighted by Crippen LogP contribution is 2.19. The molecule has 0 radical (unpaired) electrons. The van der Waals surface area contributed by atoms with Crippen LogP contribution in [0.1, 0.15) is 393 Å². The Morgan fingerprint density at radius 1 is 0.364 bits per heavy atom. The lowest BCUT2D eigenvalue weighted by atomic mass is 10.0. The van der Waals surface area contributed by atoms with Gasteiger partial charge in [0.25, 0.3) is 0 Å². The molecule has 0 spiro atoms. The quantitative estimate of drug-likeness (QED) is 0.0320. The van der Waals surface area contributed by atoms with Crippen molar-refractivity contribution in [2.45, 2.75) is 405 Å². The van der Waals surface area contributed by atoms with E-state index in [-0.39, 0.29) is 18.5 Å². The average Bonchev–Trinajstić information content (AvgIpc) is 3.43. The predicted octanol–water partition coefficient (Wildman–Crippen LogP) is 22.5. The summed E-state index contributed by atoms with van der Waals surface area (Å²) in [5.41, 5.74) is 0. The number of ether oxygens (including phenoxy) is 1.